The quantitative estimate of drug-likeness (QED) is 0.833. The number of halogens is 1. The van der Waals surface area contributed by atoms with Gasteiger partial charge in [-0.05, 0) is 11.6 Å². The predicted molar refractivity (Wildman–Crippen MR) is 63.4 cm³/mol. The molecule has 1 aliphatic heterocycles. The standard InChI is InChI=1S/C7H9ClN4O3S2/c8-6-10-11-7(16-6)12-2-4(1-5(12)13)3-17(9,14)15/h4H,1-3H2,(H2,9,14,15). The van der Waals surface area contributed by atoms with Gasteiger partial charge in [-0.25, -0.2) is 13.6 Å². The van der Waals surface area contributed by atoms with Gasteiger partial charge in [-0.1, -0.05) is 11.3 Å². The second-order valence-corrected chi connectivity index (χ2v) is 6.94. The molecule has 94 valence electrons. The number of hydrogen-bond acceptors (Lipinski definition) is 6. The van der Waals surface area contributed by atoms with Crippen molar-refractivity contribution in [1.29, 1.82) is 0 Å². The van der Waals surface area contributed by atoms with Crippen LogP contribution in [0.5, 0.6) is 0 Å². The normalized spacial score (nSPS) is 21.2. The molecule has 2 heterocycles. The third-order valence-corrected chi connectivity index (χ3v) is 4.27. The Hall–Kier alpha value is -0.770. The summed E-state index contributed by atoms with van der Waals surface area (Å²) in [7, 11) is -3.57. The van der Waals surface area contributed by atoms with E-state index in [1.165, 1.54) is 4.90 Å². The lowest BCUT2D eigenvalue weighted by atomic mass is 10.1. The van der Waals surface area contributed by atoms with Gasteiger partial charge >= 0.3 is 0 Å². The Kier molecular flexibility index (Phi) is 3.34. The van der Waals surface area contributed by atoms with Crippen LogP contribution < -0.4 is 10.0 Å². The second kappa shape index (κ2) is 4.48. The summed E-state index contributed by atoms with van der Waals surface area (Å²) in [5.74, 6) is -0.700. The number of nitrogens with two attached hydrogens (primary N) is 1. The van der Waals surface area contributed by atoms with E-state index in [0.29, 0.717) is 5.13 Å². The molecule has 1 saturated heterocycles. The molecule has 0 bridgehead atoms. The van der Waals surface area contributed by atoms with Crippen molar-refractivity contribution in [2.24, 2.45) is 11.1 Å². The van der Waals surface area contributed by atoms with Crippen LogP contribution in [-0.2, 0) is 14.8 Å². The van der Waals surface area contributed by atoms with Gasteiger partial charge in [0.05, 0.1) is 5.75 Å². The number of hydrogen-bond donors (Lipinski definition) is 1. The lowest BCUT2D eigenvalue weighted by Gasteiger charge is -2.11. The topological polar surface area (TPSA) is 106 Å². The van der Waals surface area contributed by atoms with Crippen molar-refractivity contribution in [1.82, 2.24) is 10.2 Å². The minimum Gasteiger partial charge on any atom is -0.286 e. The largest absolute Gasteiger partial charge is 0.286 e. The molecule has 0 aliphatic carbocycles. The van der Waals surface area contributed by atoms with E-state index < -0.39 is 10.0 Å². The van der Waals surface area contributed by atoms with Crippen LogP contribution in [-0.4, -0.2) is 36.8 Å². The summed E-state index contributed by atoms with van der Waals surface area (Å²) in [6.45, 7) is 0.279. The van der Waals surface area contributed by atoms with Gasteiger partial charge in [-0.2, -0.15) is 0 Å². The van der Waals surface area contributed by atoms with Crippen LogP contribution in [0.1, 0.15) is 6.42 Å². The Morgan fingerprint density at radius 3 is 2.76 bits per heavy atom. The summed E-state index contributed by atoms with van der Waals surface area (Å²) in [4.78, 5) is 13.1. The Bertz CT molecular complexity index is 543. The zero-order valence-corrected chi connectivity index (χ0v) is 10.9. The Morgan fingerprint density at radius 1 is 1.53 bits per heavy atom. The average molecular weight is 297 g/mol. The number of amides is 1. The molecule has 1 unspecified atom stereocenters. The molecule has 2 rings (SSSR count). The molecule has 2 N–H and O–H groups in total. The number of anilines is 1. The first-order valence-electron chi connectivity index (χ1n) is 4.65. The van der Waals surface area contributed by atoms with Crippen LogP contribution in [0, 0.1) is 5.92 Å². The zero-order chi connectivity index (χ0) is 12.6. The fourth-order valence-corrected chi connectivity index (χ4v) is 3.44. The Labute approximate surface area is 107 Å². The third kappa shape index (κ3) is 3.12. The molecule has 1 aromatic rings. The number of carbonyl (C=O) groups excluding carboxylic acids is 1. The first-order valence-corrected chi connectivity index (χ1v) is 7.56. The number of sulfonamides is 1. The van der Waals surface area contributed by atoms with Crippen molar-refractivity contribution in [3.63, 3.8) is 0 Å². The molecule has 1 amide bonds. The fourth-order valence-electron chi connectivity index (χ4n) is 1.71. The Morgan fingerprint density at radius 2 is 2.24 bits per heavy atom. The van der Waals surface area contributed by atoms with Gasteiger partial charge in [0.25, 0.3) is 0 Å². The number of rotatable bonds is 3. The summed E-state index contributed by atoms with van der Waals surface area (Å²) in [5.41, 5.74) is 0. The summed E-state index contributed by atoms with van der Waals surface area (Å²) in [6.07, 6.45) is 0.146. The molecule has 0 spiro atoms. The number of primary sulfonamides is 1. The lowest BCUT2D eigenvalue weighted by molar-refractivity contribution is -0.117. The van der Waals surface area contributed by atoms with Crippen molar-refractivity contribution in [2.75, 3.05) is 17.2 Å². The van der Waals surface area contributed by atoms with Crippen LogP contribution in [0.25, 0.3) is 0 Å². The first-order chi connectivity index (χ1) is 7.85. The lowest BCUT2D eigenvalue weighted by Crippen LogP contribution is -2.27. The van der Waals surface area contributed by atoms with Gasteiger partial charge in [0, 0.05) is 18.9 Å². The number of aromatic nitrogens is 2. The maximum Gasteiger partial charge on any atom is 0.229 e. The molecular weight excluding hydrogens is 288 g/mol. The van der Waals surface area contributed by atoms with Crippen molar-refractivity contribution < 1.29 is 13.2 Å². The monoisotopic (exact) mass is 296 g/mol. The molecule has 1 aliphatic rings. The Balaban J connectivity index is 2.10. The SMILES string of the molecule is NS(=O)(=O)CC1CC(=O)N(c2nnc(Cl)s2)C1. The molecule has 7 nitrogen and oxygen atoms in total. The van der Waals surface area contributed by atoms with Gasteiger partial charge in [-0.15, -0.1) is 10.2 Å². The minimum atomic E-state index is -3.57. The third-order valence-electron chi connectivity index (χ3n) is 2.29. The van der Waals surface area contributed by atoms with E-state index in [0.717, 1.165) is 11.3 Å². The summed E-state index contributed by atoms with van der Waals surface area (Å²) in [5, 5.41) is 12.7. The van der Waals surface area contributed by atoms with E-state index >= 15 is 0 Å². The second-order valence-electron chi connectivity index (χ2n) is 3.74. The van der Waals surface area contributed by atoms with Crippen molar-refractivity contribution in [2.45, 2.75) is 6.42 Å². The van der Waals surface area contributed by atoms with Crippen LogP contribution in [0.15, 0.2) is 0 Å². The van der Waals surface area contributed by atoms with Crippen molar-refractivity contribution in [3.05, 3.63) is 4.47 Å². The van der Waals surface area contributed by atoms with E-state index in [2.05, 4.69) is 10.2 Å². The van der Waals surface area contributed by atoms with Gasteiger partial charge in [0.1, 0.15) is 0 Å². The highest BCUT2D eigenvalue weighted by Crippen LogP contribution is 2.29. The minimum absolute atomic E-state index is 0.146. The molecular formula is C7H9ClN4O3S2. The maximum atomic E-state index is 11.7. The van der Waals surface area contributed by atoms with Crippen LogP contribution in [0.4, 0.5) is 5.13 Å². The van der Waals surface area contributed by atoms with E-state index in [1.807, 2.05) is 0 Å². The molecule has 10 heteroatoms. The predicted octanol–water partition coefficient (Wildman–Crippen LogP) is -0.167. The molecule has 0 aromatic carbocycles. The van der Waals surface area contributed by atoms with E-state index in [4.69, 9.17) is 16.7 Å². The number of nitrogens with zero attached hydrogens (tertiary/aromatic N) is 3. The highest BCUT2D eigenvalue weighted by molar-refractivity contribution is 7.89. The molecule has 17 heavy (non-hydrogen) atoms. The van der Waals surface area contributed by atoms with Crippen LogP contribution >= 0.6 is 22.9 Å². The molecule has 0 saturated carbocycles. The smallest absolute Gasteiger partial charge is 0.229 e. The summed E-state index contributed by atoms with van der Waals surface area (Å²) >= 11 is 6.70. The van der Waals surface area contributed by atoms with E-state index in [1.54, 1.807) is 0 Å². The van der Waals surface area contributed by atoms with Crippen molar-refractivity contribution >= 4 is 44.0 Å². The zero-order valence-electron chi connectivity index (χ0n) is 8.54. The average Bonchev–Trinajstić information content (AvgIpc) is 2.70. The molecule has 1 atom stereocenters. The van der Waals surface area contributed by atoms with Gasteiger partial charge in [0.15, 0.2) is 0 Å². The highest BCUT2D eigenvalue weighted by atomic mass is 35.5. The van der Waals surface area contributed by atoms with E-state index in [9.17, 15) is 13.2 Å². The van der Waals surface area contributed by atoms with Crippen molar-refractivity contribution in [3.8, 4) is 0 Å². The van der Waals surface area contributed by atoms with Crippen LogP contribution in [0.2, 0.25) is 4.47 Å². The number of carbonyl (C=O) groups is 1. The van der Waals surface area contributed by atoms with Gasteiger partial charge in [-0.3, -0.25) is 9.69 Å². The summed E-state index contributed by atoms with van der Waals surface area (Å²) < 4.78 is 22.1. The fraction of sp³-hybridized carbons (Fsp3) is 0.571. The molecule has 0 radical (unpaired) electrons. The molecule has 1 fully saturated rings. The highest BCUT2D eigenvalue weighted by Gasteiger charge is 2.34. The van der Waals surface area contributed by atoms with Gasteiger partial charge in [0.2, 0.25) is 25.5 Å². The molecule has 1 aromatic heterocycles. The first kappa shape index (κ1) is 12.7. The maximum absolute atomic E-state index is 11.7. The van der Waals surface area contributed by atoms with Gasteiger partial charge < -0.3 is 0 Å². The van der Waals surface area contributed by atoms with Crippen LogP contribution in [0.3, 0.4) is 0 Å². The summed E-state index contributed by atoms with van der Waals surface area (Å²) in [6, 6.07) is 0. The van der Waals surface area contributed by atoms with E-state index in [-0.39, 0.29) is 35.0 Å².